The molecule has 5 heteroatoms. The molecule has 1 aromatic carbocycles. The average molecular weight is 224 g/mol. The Hall–Kier alpha value is -1.91. The first-order valence-corrected chi connectivity index (χ1v) is 4.82. The van der Waals surface area contributed by atoms with Crippen molar-refractivity contribution in [3.8, 4) is 5.75 Å². The van der Waals surface area contributed by atoms with E-state index in [9.17, 15) is 14.3 Å². The van der Waals surface area contributed by atoms with Crippen molar-refractivity contribution in [3.05, 3.63) is 29.6 Å². The SMILES string of the molecule is CC(C)/C(=N\NC=O)c1cccc(O)c1F. The Bertz CT molecular complexity index is 416. The Morgan fingerprint density at radius 3 is 2.81 bits per heavy atom. The Balaban J connectivity index is 3.21. The molecule has 0 fully saturated rings. The fourth-order valence-corrected chi connectivity index (χ4v) is 1.31. The van der Waals surface area contributed by atoms with Crippen molar-refractivity contribution >= 4 is 12.1 Å². The molecule has 0 unspecified atom stereocenters. The van der Waals surface area contributed by atoms with Crippen LogP contribution in [0.25, 0.3) is 0 Å². The molecule has 4 nitrogen and oxygen atoms in total. The highest BCUT2D eigenvalue weighted by atomic mass is 19.1. The minimum absolute atomic E-state index is 0.0799. The summed E-state index contributed by atoms with van der Waals surface area (Å²) in [5, 5.41) is 13.0. The van der Waals surface area contributed by atoms with Gasteiger partial charge in [-0.25, -0.2) is 9.82 Å². The van der Waals surface area contributed by atoms with Gasteiger partial charge in [0.2, 0.25) is 6.41 Å². The summed E-state index contributed by atoms with van der Waals surface area (Å²) in [4.78, 5) is 10.2. The maximum atomic E-state index is 13.6. The van der Waals surface area contributed by atoms with Crippen LogP contribution in [0.2, 0.25) is 0 Å². The van der Waals surface area contributed by atoms with Crippen LogP contribution in [0.3, 0.4) is 0 Å². The van der Waals surface area contributed by atoms with E-state index in [-0.39, 0.29) is 11.5 Å². The van der Waals surface area contributed by atoms with Gasteiger partial charge in [-0.05, 0) is 18.1 Å². The van der Waals surface area contributed by atoms with Crippen molar-refractivity contribution in [1.82, 2.24) is 5.43 Å². The number of nitrogens with one attached hydrogen (secondary N) is 1. The first-order chi connectivity index (χ1) is 7.57. The summed E-state index contributed by atoms with van der Waals surface area (Å²) in [7, 11) is 0. The van der Waals surface area contributed by atoms with E-state index in [1.54, 1.807) is 0 Å². The van der Waals surface area contributed by atoms with E-state index in [1.165, 1.54) is 18.2 Å². The molecular weight excluding hydrogens is 211 g/mol. The summed E-state index contributed by atoms with van der Waals surface area (Å²) in [5.74, 6) is -1.25. The number of phenols is 1. The van der Waals surface area contributed by atoms with Crippen molar-refractivity contribution in [2.75, 3.05) is 0 Å². The van der Waals surface area contributed by atoms with Gasteiger partial charge < -0.3 is 5.11 Å². The van der Waals surface area contributed by atoms with Crippen LogP contribution in [-0.4, -0.2) is 17.2 Å². The Morgan fingerprint density at radius 1 is 1.56 bits per heavy atom. The molecule has 0 aromatic heterocycles. The van der Waals surface area contributed by atoms with E-state index in [2.05, 4.69) is 10.5 Å². The molecule has 1 rings (SSSR count). The van der Waals surface area contributed by atoms with E-state index in [0.29, 0.717) is 12.1 Å². The quantitative estimate of drug-likeness (QED) is 0.464. The third-order valence-electron chi connectivity index (χ3n) is 2.04. The van der Waals surface area contributed by atoms with Crippen molar-refractivity contribution in [2.24, 2.45) is 11.0 Å². The van der Waals surface area contributed by atoms with Gasteiger partial charge in [0, 0.05) is 5.56 Å². The van der Waals surface area contributed by atoms with Crippen LogP contribution in [0.1, 0.15) is 19.4 Å². The Kier molecular flexibility index (Phi) is 3.99. The fraction of sp³-hybridized carbons (Fsp3) is 0.273. The smallest absolute Gasteiger partial charge is 0.227 e. The first-order valence-electron chi connectivity index (χ1n) is 4.82. The monoisotopic (exact) mass is 224 g/mol. The predicted molar refractivity (Wildman–Crippen MR) is 58.6 cm³/mol. The third-order valence-corrected chi connectivity index (χ3v) is 2.04. The summed E-state index contributed by atoms with van der Waals surface area (Å²) in [6, 6.07) is 4.27. The van der Waals surface area contributed by atoms with E-state index in [1.807, 2.05) is 13.8 Å². The maximum Gasteiger partial charge on any atom is 0.227 e. The van der Waals surface area contributed by atoms with Gasteiger partial charge in [0.05, 0.1) is 5.71 Å². The normalized spacial score (nSPS) is 11.6. The second-order valence-electron chi connectivity index (χ2n) is 3.54. The number of amides is 1. The summed E-state index contributed by atoms with van der Waals surface area (Å²) in [6.45, 7) is 3.63. The minimum Gasteiger partial charge on any atom is -0.505 e. The van der Waals surface area contributed by atoms with Crippen LogP contribution in [0, 0.1) is 11.7 Å². The fourth-order valence-electron chi connectivity index (χ4n) is 1.31. The molecule has 1 aromatic rings. The summed E-state index contributed by atoms with van der Waals surface area (Å²) in [5.41, 5.74) is 2.69. The van der Waals surface area contributed by atoms with E-state index in [0.717, 1.165) is 0 Å². The lowest BCUT2D eigenvalue weighted by Gasteiger charge is -2.11. The number of hydrogen-bond acceptors (Lipinski definition) is 3. The lowest BCUT2D eigenvalue weighted by Crippen LogP contribution is -2.16. The average Bonchev–Trinajstić information content (AvgIpc) is 2.24. The highest BCUT2D eigenvalue weighted by molar-refractivity contribution is 6.02. The number of rotatable bonds is 4. The lowest BCUT2D eigenvalue weighted by molar-refractivity contribution is -0.109. The molecule has 0 saturated heterocycles. The highest BCUT2D eigenvalue weighted by Gasteiger charge is 2.15. The van der Waals surface area contributed by atoms with Gasteiger partial charge >= 0.3 is 0 Å². The summed E-state index contributed by atoms with van der Waals surface area (Å²) >= 11 is 0. The molecule has 0 aliphatic rings. The van der Waals surface area contributed by atoms with Crippen molar-refractivity contribution in [2.45, 2.75) is 13.8 Å². The van der Waals surface area contributed by atoms with Crippen molar-refractivity contribution in [1.29, 1.82) is 0 Å². The molecule has 0 heterocycles. The highest BCUT2D eigenvalue weighted by Crippen LogP contribution is 2.21. The molecule has 2 N–H and O–H groups in total. The second kappa shape index (κ2) is 5.25. The Labute approximate surface area is 92.8 Å². The van der Waals surface area contributed by atoms with Crippen LogP contribution in [0.5, 0.6) is 5.75 Å². The molecular formula is C11H13FN2O2. The zero-order valence-electron chi connectivity index (χ0n) is 9.07. The molecule has 0 aliphatic heterocycles. The van der Waals surface area contributed by atoms with Crippen LogP contribution in [0.15, 0.2) is 23.3 Å². The number of hydrazone groups is 1. The molecule has 0 aliphatic carbocycles. The molecule has 1 amide bonds. The zero-order valence-corrected chi connectivity index (χ0v) is 9.07. The maximum absolute atomic E-state index is 13.6. The van der Waals surface area contributed by atoms with Crippen molar-refractivity contribution < 1.29 is 14.3 Å². The number of aromatic hydroxyl groups is 1. The molecule has 0 atom stereocenters. The molecule has 16 heavy (non-hydrogen) atoms. The Morgan fingerprint density at radius 2 is 2.25 bits per heavy atom. The summed E-state index contributed by atoms with van der Waals surface area (Å²) in [6.07, 6.45) is 0.406. The van der Waals surface area contributed by atoms with Crippen LogP contribution in [0.4, 0.5) is 4.39 Å². The van der Waals surface area contributed by atoms with Gasteiger partial charge in [-0.3, -0.25) is 4.79 Å². The van der Waals surface area contributed by atoms with E-state index in [4.69, 9.17) is 0 Å². The molecule has 86 valence electrons. The number of hydrogen-bond donors (Lipinski definition) is 2. The van der Waals surface area contributed by atoms with Crippen molar-refractivity contribution in [3.63, 3.8) is 0 Å². The number of halogens is 1. The number of nitrogens with zero attached hydrogens (tertiary/aromatic N) is 1. The molecule has 0 spiro atoms. The first kappa shape index (κ1) is 12.2. The van der Waals surface area contributed by atoms with Crippen LogP contribution >= 0.6 is 0 Å². The summed E-state index contributed by atoms with van der Waals surface area (Å²) < 4.78 is 13.6. The number of carbonyl (C=O) groups excluding carboxylic acids is 1. The van der Waals surface area contributed by atoms with Gasteiger partial charge in [0.15, 0.2) is 11.6 Å². The van der Waals surface area contributed by atoms with E-state index < -0.39 is 11.6 Å². The number of carbonyl (C=O) groups is 1. The van der Waals surface area contributed by atoms with Crippen LogP contribution < -0.4 is 5.43 Å². The number of benzene rings is 1. The molecule has 0 radical (unpaired) electrons. The predicted octanol–water partition coefficient (Wildman–Crippen LogP) is 1.64. The minimum atomic E-state index is -0.734. The zero-order chi connectivity index (χ0) is 12.1. The van der Waals surface area contributed by atoms with Gasteiger partial charge in [0.25, 0.3) is 0 Å². The largest absolute Gasteiger partial charge is 0.505 e. The van der Waals surface area contributed by atoms with Gasteiger partial charge in [-0.15, -0.1) is 0 Å². The number of phenolic OH excluding ortho intramolecular Hbond substituents is 1. The standard InChI is InChI=1S/C11H13FN2O2/c1-7(2)11(14-13-6-15)8-4-3-5-9(16)10(8)12/h3-7,16H,1-2H3,(H,13,15)/b14-11+. The molecule has 0 saturated carbocycles. The van der Waals surface area contributed by atoms with Gasteiger partial charge in [-0.1, -0.05) is 19.9 Å². The lowest BCUT2D eigenvalue weighted by atomic mass is 9.99. The second-order valence-corrected chi connectivity index (χ2v) is 3.54. The molecule has 0 bridgehead atoms. The topological polar surface area (TPSA) is 61.7 Å². The van der Waals surface area contributed by atoms with Crippen LogP contribution in [-0.2, 0) is 4.79 Å². The van der Waals surface area contributed by atoms with Gasteiger partial charge in [-0.2, -0.15) is 5.10 Å². The van der Waals surface area contributed by atoms with E-state index >= 15 is 0 Å². The van der Waals surface area contributed by atoms with Gasteiger partial charge in [0.1, 0.15) is 0 Å². The third kappa shape index (κ3) is 2.56.